The van der Waals surface area contributed by atoms with Crippen LogP contribution in [0.4, 0.5) is 0 Å². The van der Waals surface area contributed by atoms with Gasteiger partial charge in [0.2, 0.25) is 5.90 Å². The lowest BCUT2D eigenvalue weighted by Gasteiger charge is -2.14. The van der Waals surface area contributed by atoms with Crippen LogP contribution < -0.4 is 9.47 Å². The summed E-state index contributed by atoms with van der Waals surface area (Å²) in [5.41, 5.74) is 0.902. The molecule has 7 heteroatoms. The molecule has 0 amide bonds. The molecule has 5 nitrogen and oxygen atoms in total. The van der Waals surface area contributed by atoms with E-state index in [0.29, 0.717) is 41.2 Å². The Bertz CT molecular complexity index is 859. The second-order valence-electron chi connectivity index (χ2n) is 5.42. The lowest BCUT2D eigenvalue weighted by atomic mass is 10.1. The number of hydrogen-bond acceptors (Lipinski definition) is 6. The number of carbonyl (C=O) groups excluding carboxylic acids is 1. The molecule has 0 bridgehead atoms. The van der Waals surface area contributed by atoms with Crippen LogP contribution in [0.15, 0.2) is 40.3 Å². The number of rotatable bonds is 7. The highest BCUT2D eigenvalue weighted by Crippen LogP contribution is 2.37. The van der Waals surface area contributed by atoms with E-state index in [-0.39, 0.29) is 5.70 Å². The van der Waals surface area contributed by atoms with Crippen LogP contribution in [0, 0.1) is 0 Å². The van der Waals surface area contributed by atoms with Gasteiger partial charge in [-0.25, -0.2) is 9.79 Å². The Labute approximate surface area is 160 Å². The molecule has 0 radical (unpaired) electrons. The lowest BCUT2D eigenvalue weighted by molar-refractivity contribution is -0.129. The molecule has 0 unspecified atom stereocenters. The first kappa shape index (κ1) is 18.5. The van der Waals surface area contributed by atoms with Crippen molar-refractivity contribution in [2.24, 2.45) is 4.99 Å². The van der Waals surface area contributed by atoms with Gasteiger partial charge in [0, 0.05) is 0 Å². The van der Waals surface area contributed by atoms with Crippen molar-refractivity contribution < 1.29 is 19.0 Å². The van der Waals surface area contributed by atoms with Crippen LogP contribution in [-0.2, 0) is 9.53 Å². The van der Waals surface area contributed by atoms with Crippen molar-refractivity contribution in [2.75, 3.05) is 13.2 Å². The molecule has 3 rings (SSSR count). The third kappa shape index (κ3) is 4.08. The van der Waals surface area contributed by atoms with Gasteiger partial charge in [0.05, 0.1) is 23.1 Å². The van der Waals surface area contributed by atoms with E-state index in [0.717, 1.165) is 11.3 Å². The smallest absolute Gasteiger partial charge is 0.363 e. The standard InChI is InChI=1S/C19H18ClNO4S/c1-3-7-24-17-13(20)9-12(11-15(17)23-4-2)10-14-19(22)25-18(21-14)16-6-5-8-26-16/h5-6,8-11H,3-4,7H2,1-2H3/b14-10-. The van der Waals surface area contributed by atoms with Gasteiger partial charge >= 0.3 is 5.97 Å². The van der Waals surface area contributed by atoms with E-state index < -0.39 is 5.97 Å². The summed E-state index contributed by atoms with van der Waals surface area (Å²) in [6.45, 7) is 4.92. The maximum atomic E-state index is 12.1. The van der Waals surface area contributed by atoms with Gasteiger partial charge in [0.15, 0.2) is 17.2 Å². The van der Waals surface area contributed by atoms with Gasteiger partial charge in [-0.05, 0) is 48.6 Å². The zero-order valence-electron chi connectivity index (χ0n) is 14.5. The van der Waals surface area contributed by atoms with Crippen molar-refractivity contribution in [1.82, 2.24) is 0 Å². The minimum Gasteiger partial charge on any atom is -0.490 e. The Morgan fingerprint density at radius 1 is 1.31 bits per heavy atom. The highest BCUT2D eigenvalue weighted by atomic mass is 35.5. The number of carbonyl (C=O) groups is 1. The number of aliphatic imine (C=N–C) groups is 1. The van der Waals surface area contributed by atoms with Gasteiger partial charge in [0.1, 0.15) is 0 Å². The van der Waals surface area contributed by atoms with Crippen LogP contribution in [0.1, 0.15) is 30.7 Å². The summed E-state index contributed by atoms with van der Waals surface area (Å²) in [4.78, 5) is 17.2. The predicted molar refractivity (Wildman–Crippen MR) is 103 cm³/mol. The van der Waals surface area contributed by atoms with E-state index in [2.05, 4.69) is 4.99 Å². The Balaban J connectivity index is 1.93. The number of benzene rings is 1. The third-order valence-electron chi connectivity index (χ3n) is 3.44. The number of esters is 1. The molecule has 1 aromatic heterocycles. The van der Waals surface area contributed by atoms with E-state index in [4.69, 9.17) is 25.8 Å². The van der Waals surface area contributed by atoms with Gasteiger partial charge in [0.25, 0.3) is 0 Å². The fourth-order valence-electron chi connectivity index (χ4n) is 2.35. The average Bonchev–Trinajstić information content (AvgIpc) is 3.25. The fourth-order valence-corrected chi connectivity index (χ4v) is 3.27. The maximum absolute atomic E-state index is 12.1. The first-order chi connectivity index (χ1) is 12.6. The van der Waals surface area contributed by atoms with Crippen molar-refractivity contribution in [3.8, 4) is 11.5 Å². The highest BCUT2D eigenvalue weighted by molar-refractivity contribution is 7.12. The normalized spacial score (nSPS) is 15.1. The zero-order chi connectivity index (χ0) is 18.5. The summed E-state index contributed by atoms with van der Waals surface area (Å²) in [5.74, 6) is 0.868. The lowest BCUT2D eigenvalue weighted by Crippen LogP contribution is -2.03. The number of cyclic esters (lactones) is 1. The molecule has 1 aromatic carbocycles. The van der Waals surface area contributed by atoms with Crippen molar-refractivity contribution in [1.29, 1.82) is 0 Å². The molecule has 0 saturated carbocycles. The topological polar surface area (TPSA) is 57.1 Å². The number of hydrogen-bond donors (Lipinski definition) is 0. The molecule has 0 N–H and O–H groups in total. The van der Waals surface area contributed by atoms with Gasteiger partial charge in [-0.15, -0.1) is 11.3 Å². The van der Waals surface area contributed by atoms with Crippen molar-refractivity contribution in [3.05, 3.63) is 50.8 Å². The molecule has 136 valence electrons. The summed E-state index contributed by atoms with van der Waals surface area (Å²) in [7, 11) is 0. The van der Waals surface area contributed by atoms with Crippen molar-refractivity contribution >= 4 is 40.9 Å². The molecule has 0 spiro atoms. The average molecular weight is 392 g/mol. The quantitative estimate of drug-likeness (QED) is 0.495. The van der Waals surface area contributed by atoms with Crippen LogP contribution in [-0.4, -0.2) is 25.1 Å². The van der Waals surface area contributed by atoms with E-state index >= 15 is 0 Å². The minimum absolute atomic E-state index is 0.217. The highest BCUT2D eigenvalue weighted by Gasteiger charge is 2.25. The molecule has 2 heterocycles. The molecular weight excluding hydrogens is 374 g/mol. The Kier molecular flexibility index (Phi) is 5.96. The largest absolute Gasteiger partial charge is 0.490 e. The van der Waals surface area contributed by atoms with Crippen molar-refractivity contribution in [2.45, 2.75) is 20.3 Å². The number of thiophene rings is 1. The molecule has 0 aliphatic carbocycles. The number of ether oxygens (including phenoxy) is 3. The predicted octanol–water partition coefficient (Wildman–Crippen LogP) is 4.93. The summed E-state index contributed by atoms with van der Waals surface area (Å²) < 4.78 is 16.6. The molecule has 1 aliphatic rings. The van der Waals surface area contributed by atoms with Crippen LogP contribution in [0.2, 0.25) is 5.02 Å². The van der Waals surface area contributed by atoms with Crippen molar-refractivity contribution in [3.63, 3.8) is 0 Å². The van der Waals surface area contributed by atoms with E-state index in [1.165, 1.54) is 11.3 Å². The summed E-state index contributed by atoms with van der Waals surface area (Å²) >= 11 is 7.81. The Morgan fingerprint density at radius 2 is 2.15 bits per heavy atom. The monoisotopic (exact) mass is 391 g/mol. The maximum Gasteiger partial charge on any atom is 0.363 e. The Morgan fingerprint density at radius 3 is 2.85 bits per heavy atom. The third-order valence-corrected chi connectivity index (χ3v) is 4.58. The van der Waals surface area contributed by atoms with Gasteiger partial charge in [-0.2, -0.15) is 0 Å². The minimum atomic E-state index is -0.492. The molecular formula is C19H18ClNO4S. The first-order valence-corrected chi connectivity index (χ1v) is 9.53. The molecule has 26 heavy (non-hydrogen) atoms. The zero-order valence-corrected chi connectivity index (χ0v) is 16.0. The molecule has 1 aliphatic heterocycles. The van der Waals surface area contributed by atoms with Gasteiger partial charge < -0.3 is 14.2 Å². The van der Waals surface area contributed by atoms with Crippen LogP contribution in [0.5, 0.6) is 11.5 Å². The summed E-state index contributed by atoms with van der Waals surface area (Å²) in [6.07, 6.45) is 2.49. The Hall–Kier alpha value is -2.31. The second-order valence-corrected chi connectivity index (χ2v) is 6.78. The van der Waals surface area contributed by atoms with Gasteiger partial charge in [-0.1, -0.05) is 24.6 Å². The van der Waals surface area contributed by atoms with E-state index in [1.54, 1.807) is 18.2 Å². The molecule has 0 atom stereocenters. The van der Waals surface area contributed by atoms with E-state index in [9.17, 15) is 4.79 Å². The molecule has 0 saturated heterocycles. The van der Waals surface area contributed by atoms with E-state index in [1.807, 2.05) is 31.4 Å². The number of halogens is 1. The fraction of sp³-hybridized carbons (Fsp3) is 0.263. The van der Waals surface area contributed by atoms with Gasteiger partial charge in [-0.3, -0.25) is 0 Å². The van der Waals surface area contributed by atoms with Crippen LogP contribution in [0.25, 0.3) is 6.08 Å². The first-order valence-electron chi connectivity index (χ1n) is 8.28. The summed E-state index contributed by atoms with van der Waals surface area (Å²) in [5, 5.41) is 2.32. The van der Waals surface area contributed by atoms with Crippen LogP contribution in [0.3, 0.4) is 0 Å². The number of nitrogens with zero attached hydrogens (tertiary/aromatic N) is 1. The second kappa shape index (κ2) is 8.38. The summed E-state index contributed by atoms with van der Waals surface area (Å²) in [6, 6.07) is 7.22. The SMILES string of the molecule is CCCOc1c(Cl)cc(/C=C2\N=C(c3cccs3)OC2=O)cc1OCC. The molecule has 0 fully saturated rings. The molecule has 2 aromatic rings. The van der Waals surface area contributed by atoms with Crippen LogP contribution >= 0.6 is 22.9 Å².